The molecule has 0 radical (unpaired) electrons. The van der Waals surface area contributed by atoms with Crippen molar-refractivity contribution in [1.82, 2.24) is 0 Å². The fraction of sp³-hybridized carbons (Fsp3) is 0.143. The lowest BCUT2D eigenvalue weighted by molar-refractivity contribution is -0.385. The highest BCUT2D eigenvalue weighted by Gasteiger charge is 2.10. The van der Waals surface area contributed by atoms with E-state index in [2.05, 4.69) is 21.2 Å². The van der Waals surface area contributed by atoms with Crippen molar-refractivity contribution in [1.29, 1.82) is 0 Å². The maximum absolute atomic E-state index is 10.8. The van der Waals surface area contributed by atoms with Gasteiger partial charge in [0.05, 0.1) is 4.92 Å². The summed E-state index contributed by atoms with van der Waals surface area (Å²) in [5.41, 5.74) is 2.67. The molecule has 0 heterocycles. The largest absolute Gasteiger partial charge is 0.381 e. The molecule has 0 aliphatic heterocycles. The van der Waals surface area contributed by atoms with E-state index in [1.807, 2.05) is 18.2 Å². The second-order valence-corrected chi connectivity index (χ2v) is 5.64. The van der Waals surface area contributed by atoms with Crippen LogP contribution in [0.4, 0.5) is 11.4 Å². The fourth-order valence-electron chi connectivity index (χ4n) is 1.83. The van der Waals surface area contributed by atoms with Gasteiger partial charge in [-0.25, -0.2) is 0 Å². The van der Waals surface area contributed by atoms with Gasteiger partial charge in [-0.1, -0.05) is 33.6 Å². The number of halogens is 2. The molecule has 0 saturated heterocycles. The number of nitrogens with one attached hydrogen (secondary N) is 1. The van der Waals surface area contributed by atoms with Crippen LogP contribution >= 0.6 is 27.5 Å². The van der Waals surface area contributed by atoms with Gasteiger partial charge in [-0.15, -0.1) is 0 Å². The number of benzene rings is 2. The van der Waals surface area contributed by atoms with Crippen molar-refractivity contribution in [3.8, 4) is 0 Å². The molecule has 0 aliphatic rings. The van der Waals surface area contributed by atoms with Crippen LogP contribution in [-0.2, 0) is 6.54 Å². The van der Waals surface area contributed by atoms with Crippen molar-refractivity contribution in [2.24, 2.45) is 0 Å². The Labute approximate surface area is 130 Å². The molecular weight excluding hydrogens is 344 g/mol. The smallest absolute Gasteiger partial charge is 0.272 e. The average Bonchev–Trinajstić information content (AvgIpc) is 2.37. The molecule has 0 amide bonds. The van der Waals surface area contributed by atoms with Crippen molar-refractivity contribution >= 4 is 38.9 Å². The molecular formula is C14H12BrClN2O2. The highest BCUT2D eigenvalue weighted by Crippen LogP contribution is 2.24. The number of anilines is 1. The zero-order valence-corrected chi connectivity index (χ0v) is 13.0. The maximum Gasteiger partial charge on any atom is 0.272 e. The van der Waals surface area contributed by atoms with Gasteiger partial charge in [-0.3, -0.25) is 10.1 Å². The van der Waals surface area contributed by atoms with Gasteiger partial charge >= 0.3 is 0 Å². The lowest BCUT2D eigenvalue weighted by atomic mass is 10.1. The molecule has 0 unspecified atom stereocenters. The van der Waals surface area contributed by atoms with E-state index in [-0.39, 0.29) is 10.6 Å². The quantitative estimate of drug-likeness (QED) is 0.625. The van der Waals surface area contributed by atoms with Crippen LogP contribution in [0, 0.1) is 17.0 Å². The zero-order chi connectivity index (χ0) is 14.7. The van der Waals surface area contributed by atoms with Crippen molar-refractivity contribution in [3.63, 3.8) is 0 Å². The number of nitro benzene ring substituents is 1. The summed E-state index contributed by atoms with van der Waals surface area (Å²) in [6.07, 6.45) is 0. The molecule has 0 bridgehead atoms. The highest BCUT2D eigenvalue weighted by molar-refractivity contribution is 9.10. The van der Waals surface area contributed by atoms with Crippen LogP contribution in [0.3, 0.4) is 0 Å². The Balaban J connectivity index is 2.11. The van der Waals surface area contributed by atoms with Crippen LogP contribution in [0.15, 0.2) is 40.9 Å². The van der Waals surface area contributed by atoms with E-state index < -0.39 is 0 Å². The lowest BCUT2D eigenvalue weighted by Crippen LogP contribution is -2.01. The number of hydrogen-bond acceptors (Lipinski definition) is 3. The number of nitro groups is 1. The van der Waals surface area contributed by atoms with E-state index in [1.54, 1.807) is 19.1 Å². The molecule has 104 valence electrons. The molecule has 0 aromatic heterocycles. The third-order valence-electron chi connectivity index (χ3n) is 2.89. The van der Waals surface area contributed by atoms with Crippen molar-refractivity contribution in [3.05, 3.63) is 67.1 Å². The van der Waals surface area contributed by atoms with E-state index in [9.17, 15) is 10.1 Å². The molecule has 0 saturated carbocycles. The first-order chi connectivity index (χ1) is 9.47. The average molecular weight is 356 g/mol. The maximum atomic E-state index is 10.8. The summed E-state index contributed by atoms with van der Waals surface area (Å²) in [5, 5.41) is 14.7. The zero-order valence-electron chi connectivity index (χ0n) is 10.7. The van der Waals surface area contributed by atoms with E-state index in [4.69, 9.17) is 11.6 Å². The molecule has 1 N–H and O–H groups in total. The van der Waals surface area contributed by atoms with Crippen LogP contribution in [-0.4, -0.2) is 4.92 Å². The van der Waals surface area contributed by atoms with Gasteiger partial charge in [0.1, 0.15) is 0 Å². The molecule has 0 fully saturated rings. The second kappa shape index (κ2) is 6.24. The highest BCUT2D eigenvalue weighted by atomic mass is 79.9. The van der Waals surface area contributed by atoms with Gasteiger partial charge in [0.15, 0.2) is 0 Å². The van der Waals surface area contributed by atoms with E-state index in [0.717, 1.165) is 15.7 Å². The minimum atomic E-state index is -0.380. The van der Waals surface area contributed by atoms with E-state index in [1.165, 1.54) is 6.07 Å². The molecule has 6 heteroatoms. The molecule has 0 atom stereocenters. The molecule has 2 rings (SSSR count). The first-order valence-corrected chi connectivity index (χ1v) is 7.07. The number of aryl methyl sites for hydroxylation is 1. The van der Waals surface area contributed by atoms with Crippen molar-refractivity contribution in [2.75, 3.05) is 5.32 Å². The van der Waals surface area contributed by atoms with Crippen LogP contribution in [0.5, 0.6) is 0 Å². The van der Waals surface area contributed by atoms with Crippen molar-refractivity contribution in [2.45, 2.75) is 13.5 Å². The Hall–Kier alpha value is -1.59. The molecule has 4 nitrogen and oxygen atoms in total. The van der Waals surface area contributed by atoms with Gasteiger partial charge in [-0.05, 0) is 36.8 Å². The van der Waals surface area contributed by atoms with E-state index >= 15 is 0 Å². The summed E-state index contributed by atoms with van der Waals surface area (Å²) in [5.74, 6) is 0. The molecule has 2 aromatic carbocycles. The monoisotopic (exact) mass is 354 g/mol. The minimum Gasteiger partial charge on any atom is -0.381 e. The Morgan fingerprint density at radius 1 is 1.30 bits per heavy atom. The predicted molar refractivity (Wildman–Crippen MR) is 84.3 cm³/mol. The summed E-state index contributed by atoms with van der Waals surface area (Å²) >= 11 is 9.34. The summed E-state index contributed by atoms with van der Waals surface area (Å²) < 4.78 is 0.927. The third kappa shape index (κ3) is 3.49. The van der Waals surface area contributed by atoms with Gasteiger partial charge in [-0.2, -0.15) is 0 Å². The van der Waals surface area contributed by atoms with Gasteiger partial charge in [0.25, 0.3) is 5.69 Å². The summed E-state index contributed by atoms with van der Waals surface area (Å²) in [6, 6.07) is 10.6. The van der Waals surface area contributed by atoms with Crippen LogP contribution in [0.2, 0.25) is 5.02 Å². The summed E-state index contributed by atoms with van der Waals surface area (Å²) in [6.45, 7) is 2.33. The fourth-order valence-corrected chi connectivity index (χ4v) is 2.66. The number of rotatable bonds is 4. The topological polar surface area (TPSA) is 55.2 Å². The van der Waals surface area contributed by atoms with E-state index in [0.29, 0.717) is 17.1 Å². The minimum absolute atomic E-state index is 0.128. The number of hydrogen-bond donors (Lipinski definition) is 1. The Morgan fingerprint density at radius 2 is 2.05 bits per heavy atom. The lowest BCUT2D eigenvalue weighted by Gasteiger charge is -2.09. The molecule has 20 heavy (non-hydrogen) atoms. The normalized spacial score (nSPS) is 10.3. The third-order valence-corrected chi connectivity index (χ3v) is 3.86. The Morgan fingerprint density at radius 3 is 2.65 bits per heavy atom. The van der Waals surface area contributed by atoms with Gasteiger partial charge in [0.2, 0.25) is 0 Å². The standard InChI is InChI=1S/C14H12BrClN2O2/c1-9-6-12(4-5-14(9)18(19)20)17-8-10-2-3-11(16)7-13(10)15/h2-7,17H,8H2,1H3. The van der Waals surface area contributed by atoms with Gasteiger partial charge < -0.3 is 5.32 Å². The first-order valence-electron chi connectivity index (χ1n) is 5.90. The summed E-state index contributed by atoms with van der Waals surface area (Å²) in [4.78, 5) is 10.4. The first kappa shape index (κ1) is 14.8. The molecule has 2 aromatic rings. The Kier molecular flexibility index (Phi) is 4.62. The summed E-state index contributed by atoms with van der Waals surface area (Å²) in [7, 11) is 0. The van der Waals surface area contributed by atoms with Crippen LogP contribution < -0.4 is 5.32 Å². The number of nitrogens with zero attached hydrogens (tertiary/aromatic N) is 1. The SMILES string of the molecule is Cc1cc(NCc2ccc(Cl)cc2Br)ccc1[N+](=O)[O-]. The van der Waals surface area contributed by atoms with Crippen molar-refractivity contribution < 1.29 is 4.92 Å². The molecule has 0 aliphatic carbocycles. The van der Waals surface area contributed by atoms with Crippen LogP contribution in [0.25, 0.3) is 0 Å². The predicted octanol–water partition coefficient (Wildman–Crippen LogP) is 4.93. The second-order valence-electron chi connectivity index (χ2n) is 4.35. The molecule has 0 spiro atoms. The van der Waals surface area contributed by atoms with Crippen LogP contribution in [0.1, 0.15) is 11.1 Å². The Bertz CT molecular complexity index is 662. The van der Waals surface area contributed by atoms with Gasteiger partial charge in [0, 0.05) is 33.4 Å².